The summed E-state index contributed by atoms with van der Waals surface area (Å²) >= 11 is 10.4. The molecule has 4 aromatic heterocycles. The number of phosphoric acid groups is 1. The molecule has 0 spiro atoms. The first-order valence-electron chi connectivity index (χ1n) is 14.6. The summed E-state index contributed by atoms with van der Waals surface area (Å²) < 4.78 is 45.6. The SMILES string of the molecule is O=[N+]([O-])c1ccc(OP(=O)(OCC2OC(n3cnc4c(=S)nc[nH]c43)C(O)C2O)OCC2OC(n3cnc4c(=S)nc[nH]c43)C(O)C2O)cc1. The summed E-state index contributed by atoms with van der Waals surface area (Å²) in [6.07, 6.45) is -5.73. The molecule has 5 aromatic rings. The Morgan fingerprint density at radius 2 is 1.26 bits per heavy atom. The fourth-order valence-electron chi connectivity index (χ4n) is 5.50. The van der Waals surface area contributed by atoms with Crippen LogP contribution in [0.3, 0.4) is 0 Å². The number of non-ortho nitro benzene ring substituents is 1. The molecule has 0 bridgehead atoms. The van der Waals surface area contributed by atoms with Gasteiger partial charge in [0.2, 0.25) is 0 Å². The van der Waals surface area contributed by atoms with E-state index in [2.05, 4.69) is 29.9 Å². The molecule has 2 aliphatic rings. The second kappa shape index (κ2) is 13.5. The molecule has 24 heteroatoms. The zero-order valence-electron chi connectivity index (χ0n) is 25.1. The van der Waals surface area contributed by atoms with E-state index < -0.39 is 75.0 Å². The van der Waals surface area contributed by atoms with Crippen LogP contribution in [0.4, 0.5) is 5.69 Å². The number of aromatic nitrogens is 8. The topological polar surface area (TPSA) is 280 Å². The number of phosphoric ester groups is 1. The van der Waals surface area contributed by atoms with E-state index in [0.717, 1.165) is 24.3 Å². The van der Waals surface area contributed by atoms with E-state index in [-0.39, 0.29) is 20.7 Å². The van der Waals surface area contributed by atoms with E-state index in [1.54, 1.807) is 0 Å². The monoisotopic (exact) mass is 751 g/mol. The maximum Gasteiger partial charge on any atom is 0.530 e. The standard InChI is InChI=1S/C26H26N9O12PS2/c36-17-13(45-25(19(17)38)33-9-31-15-21(33)27-7-29-23(15)49)5-43-48(42,47-12-3-1-11(2-4-12)35(40)41)44-6-14-18(37)20(39)26(46-14)34-10-32-16-22(34)28-8-30-24(16)50/h1-4,7-10,13-14,17-20,25-26,36-39H,5-6H2,(H,27,29,49)(H,28,30,50). The molecule has 2 fully saturated rings. The van der Waals surface area contributed by atoms with E-state index in [9.17, 15) is 35.1 Å². The maximum absolute atomic E-state index is 14.1. The number of hydrogen-bond donors (Lipinski definition) is 6. The maximum atomic E-state index is 14.1. The van der Waals surface area contributed by atoms with Crippen LogP contribution in [-0.2, 0) is 23.1 Å². The Kier molecular flexibility index (Phi) is 9.29. The number of H-pyrrole nitrogens is 2. The molecule has 7 rings (SSSR count). The molecule has 264 valence electrons. The molecule has 50 heavy (non-hydrogen) atoms. The van der Waals surface area contributed by atoms with Crippen molar-refractivity contribution in [3.63, 3.8) is 0 Å². The van der Waals surface area contributed by atoms with Gasteiger partial charge < -0.3 is 44.4 Å². The number of rotatable bonds is 11. The number of hydrogen-bond acceptors (Lipinski definition) is 18. The number of aliphatic hydroxyl groups is 4. The van der Waals surface area contributed by atoms with Crippen LogP contribution in [0.1, 0.15) is 12.5 Å². The second-order valence-electron chi connectivity index (χ2n) is 11.1. The number of nitro benzene ring substituents is 1. The van der Waals surface area contributed by atoms with Gasteiger partial charge in [-0.25, -0.2) is 24.5 Å². The van der Waals surface area contributed by atoms with Crippen LogP contribution in [0.15, 0.2) is 49.6 Å². The van der Waals surface area contributed by atoms with Crippen LogP contribution < -0.4 is 4.52 Å². The number of aliphatic hydroxyl groups excluding tert-OH is 4. The van der Waals surface area contributed by atoms with Gasteiger partial charge >= 0.3 is 7.82 Å². The van der Waals surface area contributed by atoms with Crippen molar-refractivity contribution in [3.05, 3.63) is 69.0 Å². The molecule has 6 heterocycles. The number of aromatic amines is 2. The van der Waals surface area contributed by atoms with Gasteiger partial charge in [-0.3, -0.25) is 28.3 Å². The van der Waals surface area contributed by atoms with Gasteiger partial charge in [0, 0.05) is 12.1 Å². The highest BCUT2D eigenvalue weighted by atomic mass is 32.1. The van der Waals surface area contributed by atoms with Gasteiger partial charge in [0.25, 0.3) is 5.69 Å². The molecule has 0 radical (unpaired) electrons. The lowest BCUT2D eigenvalue weighted by Crippen LogP contribution is -2.34. The minimum atomic E-state index is -4.74. The van der Waals surface area contributed by atoms with Crippen LogP contribution in [0, 0.1) is 19.4 Å². The minimum absolute atomic E-state index is 0.155. The van der Waals surface area contributed by atoms with Gasteiger partial charge in [0.15, 0.2) is 21.7 Å². The van der Waals surface area contributed by atoms with Gasteiger partial charge in [0.1, 0.15) is 64.7 Å². The van der Waals surface area contributed by atoms with E-state index in [1.807, 2.05) is 0 Å². The predicted molar refractivity (Wildman–Crippen MR) is 171 cm³/mol. The lowest BCUT2D eigenvalue weighted by Gasteiger charge is -2.23. The first kappa shape index (κ1) is 34.3. The summed E-state index contributed by atoms with van der Waals surface area (Å²) in [7, 11) is -4.74. The van der Waals surface area contributed by atoms with Crippen LogP contribution in [0.25, 0.3) is 22.3 Å². The molecule has 2 aliphatic heterocycles. The fraction of sp³-hybridized carbons (Fsp3) is 0.385. The molecular weight excluding hydrogens is 725 g/mol. The Hall–Kier alpha value is -4.13. The quantitative estimate of drug-likeness (QED) is 0.0481. The molecule has 0 saturated carbocycles. The van der Waals surface area contributed by atoms with Gasteiger partial charge in [-0.1, -0.05) is 24.4 Å². The average Bonchev–Trinajstić information content (AvgIpc) is 3.86. The summed E-state index contributed by atoms with van der Waals surface area (Å²) in [5.41, 5.74) is 1.10. The highest BCUT2D eigenvalue weighted by Crippen LogP contribution is 2.51. The first-order valence-corrected chi connectivity index (χ1v) is 16.9. The number of nitrogens with zero attached hydrogens (tertiary/aromatic N) is 7. The summed E-state index contributed by atoms with van der Waals surface area (Å²) in [4.78, 5) is 32.5. The Morgan fingerprint density at radius 3 is 1.70 bits per heavy atom. The molecule has 2 saturated heterocycles. The first-order chi connectivity index (χ1) is 23.9. The summed E-state index contributed by atoms with van der Waals surface area (Å²) in [6, 6.07) is 4.51. The molecular formula is C26H26N9O12PS2. The zero-order chi connectivity index (χ0) is 35.3. The van der Waals surface area contributed by atoms with E-state index in [0.29, 0.717) is 22.3 Å². The molecule has 1 aromatic carbocycles. The molecule has 0 aliphatic carbocycles. The van der Waals surface area contributed by atoms with Crippen molar-refractivity contribution in [2.45, 2.75) is 49.1 Å². The Balaban J connectivity index is 1.09. The van der Waals surface area contributed by atoms with Gasteiger partial charge in [-0.05, 0) is 12.1 Å². The van der Waals surface area contributed by atoms with Crippen molar-refractivity contribution in [1.29, 1.82) is 0 Å². The zero-order valence-corrected chi connectivity index (χ0v) is 27.6. The minimum Gasteiger partial charge on any atom is -0.404 e. The normalized spacial score (nSPS) is 27.9. The average molecular weight is 752 g/mol. The van der Waals surface area contributed by atoms with E-state index >= 15 is 0 Å². The lowest BCUT2D eigenvalue weighted by atomic mass is 10.1. The van der Waals surface area contributed by atoms with Gasteiger partial charge in [0.05, 0.1) is 43.4 Å². The smallest absolute Gasteiger partial charge is 0.404 e. The lowest BCUT2D eigenvalue weighted by molar-refractivity contribution is -0.384. The Labute approximate surface area is 288 Å². The summed E-state index contributed by atoms with van der Waals surface area (Å²) in [5.74, 6) is -0.155. The largest absolute Gasteiger partial charge is 0.530 e. The molecule has 6 N–H and O–H groups in total. The van der Waals surface area contributed by atoms with Crippen LogP contribution >= 0.6 is 32.3 Å². The number of ether oxygens (including phenoxy) is 2. The number of imidazole rings is 2. The van der Waals surface area contributed by atoms with Crippen molar-refractivity contribution in [3.8, 4) is 5.75 Å². The van der Waals surface area contributed by atoms with Gasteiger partial charge in [-0.2, -0.15) is 0 Å². The van der Waals surface area contributed by atoms with Crippen LogP contribution in [0.5, 0.6) is 5.75 Å². The van der Waals surface area contributed by atoms with Crippen molar-refractivity contribution in [2.75, 3.05) is 13.2 Å². The van der Waals surface area contributed by atoms with E-state index in [1.165, 1.54) is 34.4 Å². The van der Waals surface area contributed by atoms with Crippen molar-refractivity contribution >= 4 is 60.3 Å². The number of benzene rings is 1. The Bertz CT molecular complexity index is 2090. The highest BCUT2D eigenvalue weighted by molar-refractivity contribution is 7.71. The predicted octanol–water partition coefficient (Wildman–Crippen LogP) is 1.36. The molecule has 21 nitrogen and oxygen atoms in total. The number of nitro groups is 1. The summed E-state index contributed by atoms with van der Waals surface area (Å²) in [6.45, 7) is -1.31. The van der Waals surface area contributed by atoms with Crippen molar-refractivity contribution in [2.24, 2.45) is 0 Å². The third-order valence-electron chi connectivity index (χ3n) is 8.04. The van der Waals surface area contributed by atoms with Crippen molar-refractivity contribution in [1.82, 2.24) is 39.0 Å². The Morgan fingerprint density at radius 1 is 0.800 bits per heavy atom. The molecule has 0 amide bonds. The molecule has 8 unspecified atom stereocenters. The van der Waals surface area contributed by atoms with Gasteiger partial charge in [-0.15, -0.1) is 0 Å². The number of fused-ring (bicyclic) bond motifs is 2. The third kappa shape index (κ3) is 6.33. The highest BCUT2D eigenvalue weighted by Gasteiger charge is 2.48. The second-order valence-corrected chi connectivity index (χ2v) is 13.5. The molecule has 8 atom stereocenters. The van der Waals surface area contributed by atoms with Crippen LogP contribution in [0.2, 0.25) is 0 Å². The fourth-order valence-corrected chi connectivity index (χ4v) is 7.13. The van der Waals surface area contributed by atoms with E-state index in [4.69, 9.17) is 47.5 Å². The van der Waals surface area contributed by atoms with Crippen LogP contribution in [-0.4, -0.2) is 114 Å². The summed E-state index contributed by atoms with van der Waals surface area (Å²) in [5, 5.41) is 54.5. The number of nitrogens with one attached hydrogen (secondary N) is 2. The van der Waals surface area contributed by atoms with Crippen molar-refractivity contribution < 1.29 is 53.0 Å². The third-order valence-corrected chi connectivity index (χ3v) is 10.0.